The molecule has 0 atom stereocenters. The average molecular weight is 392 g/mol. The number of hydrazone groups is 1. The summed E-state index contributed by atoms with van der Waals surface area (Å²) >= 11 is 0. The van der Waals surface area contributed by atoms with Gasteiger partial charge in [-0.05, 0) is 26.3 Å². The fourth-order valence-corrected chi connectivity index (χ4v) is 3.56. The topological polar surface area (TPSA) is 77.4 Å². The van der Waals surface area contributed by atoms with Gasteiger partial charge in [-0.1, -0.05) is 42.0 Å². The summed E-state index contributed by atoms with van der Waals surface area (Å²) in [5, 5.41) is 6.31. The highest BCUT2D eigenvalue weighted by Crippen LogP contribution is 2.23. The Labute approximate surface area is 168 Å². The van der Waals surface area contributed by atoms with Gasteiger partial charge in [0.1, 0.15) is 0 Å². The molecule has 8 nitrogen and oxygen atoms in total. The zero-order valence-corrected chi connectivity index (χ0v) is 17.1. The normalized spacial score (nSPS) is 13.9. The molecule has 0 radical (unpaired) electrons. The summed E-state index contributed by atoms with van der Waals surface area (Å²) in [6.07, 6.45) is 3.91. The Morgan fingerprint density at radius 1 is 1.14 bits per heavy atom. The van der Waals surface area contributed by atoms with Gasteiger partial charge in [0.05, 0.1) is 25.3 Å². The zero-order chi connectivity index (χ0) is 20.7. The molecule has 0 saturated heterocycles. The number of allylic oxidation sites excluding steroid dienone is 1. The number of imidazole rings is 1. The van der Waals surface area contributed by atoms with Crippen molar-refractivity contribution < 1.29 is 0 Å². The summed E-state index contributed by atoms with van der Waals surface area (Å²) < 4.78 is 4.58. The number of benzene rings is 1. The molecule has 0 aliphatic carbocycles. The molecule has 4 rings (SSSR count). The predicted molar refractivity (Wildman–Crippen MR) is 115 cm³/mol. The molecule has 0 bridgehead atoms. The molecule has 2 aromatic heterocycles. The van der Waals surface area contributed by atoms with Crippen molar-refractivity contribution in [2.24, 2.45) is 12.1 Å². The fourth-order valence-electron chi connectivity index (χ4n) is 3.56. The summed E-state index contributed by atoms with van der Waals surface area (Å²) in [4.78, 5) is 30.9. The minimum Gasteiger partial charge on any atom is -0.297 e. The van der Waals surface area contributed by atoms with E-state index in [4.69, 9.17) is 0 Å². The van der Waals surface area contributed by atoms with E-state index in [1.54, 1.807) is 12.1 Å². The first-order chi connectivity index (χ1) is 13.9. The van der Waals surface area contributed by atoms with E-state index in [1.165, 1.54) is 9.13 Å². The third-order valence-corrected chi connectivity index (χ3v) is 5.10. The number of rotatable bonds is 4. The van der Waals surface area contributed by atoms with Gasteiger partial charge in [-0.25, -0.2) is 9.80 Å². The summed E-state index contributed by atoms with van der Waals surface area (Å²) in [6, 6.07) is 7.83. The maximum Gasteiger partial charge on any atom is 0.332 e. The Hall–Kier alpha value is -3.42. The van der Waals surface area contributed by atoms with E-state index in [-0.39, 0.29) is 17.8 Å². The van der Waals surface area contributed by atoms with Gasteiger partial charge in [0.15, 0.2) is 11.2 Å². The van der Waals surface area contributed by atoms with Crippen LogP contribution in [-0.4, -0.2) is 30.9 Å². The summed E-state index contributed by atoms with van der Waals surface area (Å²) in [7, 11) is 1.65. The minimum absolute atomic E-state index is 0.220. The third kappa shape index (κ3) is 3.20. The fraction of sp³-hybridized carbons (Fsp3) is 0.333. The van der Waals surface area contributed by atoms with Crippen LogP contribution in [0.2, 0.25) is 0 Å². The third-order valence-electron chi connectivity index (χ3n) is 5.10. The maximum atomic E-state index is 13.3. The molecule has 0 saturated carbocycles. The van der Waals surface area contributed by atoms with E-state index in [0.717, 1.165) is 16.8 Å². The number of hydrogen-bond acceptors (Lipinski definition) is 5. The van der Waals surface area contributed by atoms with Crippen LogP contribution in [0.25, 0.3) is 11.2 Å². The second kappa shape index (κ2) is 7.20. The number of fused-ring (bicyclic) bond motifs is 3. The standard InChI is InChI=1S/C21H24N6O2/c1-5-6-11-27-20-22-18-17(25(20)12-15(3)23-27)19(28)26(21(29)24(18)4)13-16-9-7-14(2)8-10-16/h5-10H,11-13H2,1-4H3/b6-5+. The van der Waals surface area contributed by atoms with Gasteiger partial charge < -0.3 is 0 Å². The molecular weight excluding hydrogens is 368 g/mol. The van der Waals surface area contributed by atoms with E-state index >= 15 is 0 Å². The van der Waals surface area contributed by atoms with Crippen LogP contribution in [0.15, 0.2) is 51.1 Å². The van der Waals surface area contributed by atoms with Crippen LogP contribution in [0.4, 0.5) is 5.95 Å². The van der Waals surface area contributed by atoms with Gasteiger partial charge >= 0.3 is 5.69 Å². The van der Waals surface area contributed by atoms with Crippen LogP contribution in [-0.2, 0) is 20.1 Å². The van der Waals surface area contributed by atoms with Crippen LogP contribution in [0.5, 0.6) is 0 Å². The van der Waals surface area contributed by atoms with Crippen molar-refractivity contribution in [2.75, 3.05) is 11.6 Å². The van der Waals surface area contributed by atoms with E-state index in [0.29, 0.717) is 30.2 Å². The predicted octanol–water partition coefficient (Wildman–Crippen LogP) is 2.03. The van der Waals surface area contributed by atoms with Gasteiger partial charge in [0.2, 0.25) is 5.95 Å². The first-order valence-corrected chi connectivity index (χ1v) is 9.59. The molecule has 0 spiro atoms. The highest BCUT2D eigenvalue weighted by Gasteiger charge is 2.26. The monoisotopic (exact) mass is 392 g/mol. The highest BCUT2D eigenvalue weighted by molar-refractivity contribution is 5.87. The maximum absolute atomic E-state index is 13.3. The van der Waals surface area contributed by atoms with Crippen molar-refractivity contribution in [3.8, 4) is 0 Å². The van der Waals surface area contributed by atoms with Crippen molar-refractivity contribution in [3.05, 3.63) is 68.4 Å². The molecule has 1 aromatic carbocycles. The lowest BCUT2D eigenvalue weighted by Crippen LogP contribution is -2.40. The number of anilines is 1. The number of aryl methyl sites for hydroxylation is 2. The summed E-state index contributed by atoms with van der Waals surface area (Å²) in [6.45, 7) is 7.10. The minimum atomic E-state index is -0.379. The Balaban J connectivity index is 1.91. The van der Waals surface area contributed by atoms with Crippen LogP contribution in [0.3, 0.4) is 0 Å². The molecule has 29 heavy (non-hydrogen) atoms. The van der Waals surface area contributed by atoms with Gasteiger partial charge in [0.25, 0.3) is 5.56 Å². The van der Waals surface area contributed by atoms with Gasteiger partial charge in [-0.15, -0.1) is 0 Å². The molecule has 1 aliphatic rings. The van der Waals surface area contributed by atoms with Crippen LogP contribution < -0.4 is 16.3 Å². The Bertz CT molecular complexity index is 1260. The van der Waals surface area contributed by atoms with Crippen molar-refractivity contribution in [3.63, 3.8) is 0 Å². The quantitative estimate of drug-likeness (QED) is 0.637. The average Bonchev–Trinajstić information content (AvgIpc) is 3.08. The van der Waals surface area contributed by atoms with E-state index in [2.05, 4.69) is 10.1 Å². The van der Waals surface area contributed by atoms with Crippen molar-refractivity contribution >= 4 is 22.8 Å². The van der Waals surface area contributed by atoms with Crippen molar-refractivity contribution in [1.29, 1.82) is 0 Å². The zero-order valence-electron chi connectivity index (χ0n) is 17.1. The van der Waals surface area contributed by atoms with E-state index in [9.17, 15) is 9.59 Å². The Morgan fingerprint density at radius 3 is 2.55 bits per heavy atom. The van der Waals surface area contributed by atoms with E-state index < -0.39 is 0 Å². The molecule has 150 valence electrons. The largest absolute Gasteiger partial charge is 0.332 e. The molecule has 3 aromatic rings. The first-order valence-electron chi connectivity index (χ1n) is 9.59. The molecule has 0 unspecified atom stereocenters. The van der Waals surface area contributed by atoms with Gasteiger partial charge in [-0.3, -0.25) is 18.5 Å². The lowest BCUT2D eigenvalue weighted by Gasteiger charge is -2.23. The van der Waals surface area contributed by atoms with Gasteiger partial charge in [0, 0.05) is 7.05 Å². The lowest BCUT2D eigenvalue weighted by molar-refractivity contribution is 0.653. The first kappa shape index (κ1) is 18.9. The van der Waals surface area contributed by atoms with Gasteiger partial charge in [-0.2, -0.15) is 10.1 Å². The number of nitrogens with zero attached hydrogens (tertiary/aromatic N) is 6. The van der Waals surface area contributed by atoms with E-state index in [1.807, 2.05) is 61.8 Å². The molecule has 0 fully saturated rings. The second-order valence-electron chi connectivity index (χ2n) is 7.38. The molecular formula is C21H24N6O2. The molecule has 0 amide bonds. The molecule has 3 heterocycles. The van der Waals surface area contributed by atoms with Crippen molar-refractivity contribution in [2.45, 2.75) is 33.9 Å². The van der Waals surface area contributed by atoms with Crippen molar-refractivity contribution in [1.82, 2.24) is 18.7 Å². The van der Waals surface area contributed by atoms with Crippen LogP contribution in [0, 0.1) is 6.92 Å². The Morgan fingerprint density at radius 2 is 1.86 bits per heavy atom. The molecule has 1 aliphatic heterocycles. The second-order valence-corrected chi connectivity index (χ2v) is 7.38. The summed E-state index contributed by atoms with van der Waals surface area (Å²) in [5.41, 5.74) is 3.00. The van der Waals surface area contributed by atoms with Crippen LogP contribution >= 0.6 is 0 Å². The molecule has 0 N–H and O–H groups in total. The smallest absolute Gasteiger partial charge is 0.297 e. The summed E-state index contributed by atoms with van der Waals surface area (Å²) in [5.74, 6) is 0.573. The highest BCUT2D eigenvalue weighted by atomic mass is 16.2. The van der Waals surface area contributed by atoms with Crippen LogP contribution in [0.1, 0.15) is 25.0 Å². The lowest BCUT2D eigenvalue weighted by atomic mass is 10.1. The number of hydrogen-bond donors (Lipinski definition) is 0. The molecule has 8 heteroatoms. The Kier molecular flexibility index (Phi) is 4.70. The SMILES string of the molecule is C/C=C/CN1N=C(C)Cn2c1nc1c2c(=O)n(Cc2ccc(C)cc2)c(=O)n1C. The number of aromatic nitrogens is 4.